The summed E-state index contributed by atoms with van der Waals surface area (Å²) in [5, 5.41) is 11.8. The average Bonchev–Trinajstić information content (AvgIpc) is 2.48. The molecular weight excluding hydrogens is 256 g/mol. The number of likely N-dealkylation sites (N-methyl/N-ethyl adjacent to an activating group) is 1. The Bertz CT molecular complexity index is 389. The van der Waals surface area contributed by atoms with E-state index in [4.69, 9.17) is 9.84 Å². The van der Waals surface area contributed by atoms with Crippen molar-refractivity contribution >= 4 is 5.91 Å². The number of nitrogens with one attached hydrogen (secondary N) is 1. The molecule has 2 N–H and O–H groups in total. The first-order chi connectivity index (χ1) is 9.71. The van der Waals surface area contributed by atoms with Gasteiger partial charge in [0.2, 0.25) is 0 Å². The van der Waals surface area contributed by atoms with Gasteiger partial charge in [-0.2, -0.15) is 0 Å². The number of carbonyl (C=O) groups excluding carboxylic acids is 1. The molecule has 0 heterocycles. The molecule has 20 heavy (non-hydrogen) atoms. The fourth-order valence-corrected chi connectivity index (χ4v) is 1.83. The van der Waals surface area contributed by atoms with E-state index in [0.717, 1.165) is 5.56 Å². The monoisotopic (exact) mass is 280 g/mol. The lowest BCUT2D eigenvalue weighted by atomic mass is 10.2. The van der Waals surface area contributed by atoms with Gasteiger partial charge in [0.1, 0.15) is 5.75 Å². The van der Waals surface area contributed by atoms with Crippen LogP contribution in [0.4, 0.5) is 0 Å². The van der Waals surface area contributed by atoms with Crippen LogP contribution in [0.3, 0.4) is 0 Å². The molecule has 1 amide bonds. The number of amides is 1. The number of aliphatic hydroxyl groups is 1. The van der Waals surface area contributed by atoms with Gasteiger partial charge in [0.25, 0.3) is 5.91 Å². The maximum atomic E-state index is 11.8. The summed E-state index contributed by atoms with van der Waals surface area (Å²) < 4.78 is 5.48. The van der Waals surface area contributed by atoms with Gasteiger partial charge in [-0.3, -0.25) is 4.79 Å². The highest BCUT2D eigenvalue weighted by molar-refractivity contribution is 5.77. The number of benzene rings is 1. The Hall–Kier alpha value is -1.59. The summed E-state index contributed by atoms with van der Waals surface area (Å²) in [6.07, 6.45) is 0. The first-order valence-electron chi connectivity index (χ1n) is 7.02. The Morgan fingerprint density at radius 2 is 1.90 bits per heavy atom. The second-order valence-electron chi connectivity index (χ2n) is 4.40. The van der Waals surface area contributed by atoms with Crippen LogP contribution < -0.4 is 10.1 Å². The lowest BCUT2D eigenvalue weighted by Gasteiger charge is -2.18. The quantitative estimate of drug-likeness (QED) is 0.663. The van der Waals surface area contributed by atoms with E-state index >= 15 is 0 Å². The lowest BCUT2D eigenvalue weighted by molar-refractivity contribution is -0.132. The van der Waals surface area contributed by atoms with Crippen molar-refractivity contribution in [3.63, 3.8) is 0 Å². The van der Waals surface area contributed by atoms with Crippen molar-refractivity contribution in [1.82, 2.24) is 10.2 Å². The third kappa shape index (κ3) is 5.59. The van der Waals surface area contributed by atoms with Crippen molar-refractivity contribution in [3.05, 3.63) is 29.8 Å². The predicted octanol–water partition coefficient (Wildman–Crippen LogP) is 1.02. The van der Waals surface area contributed by atoms with E-state index in [1.807, 2.05) is 38.1 Å². The molecule has 0 aliphatic carbocycles. The number of ether oxygens (including phenoxy) is 1. The molecule has 112 valence electrons. The van der Waals surface area contributed by atoms with E-state index in [0.29, 0.717) is 31.9 Å². The number of rotatable bonds is 9. The smallest absolute Gasteiger partial charge is 0.260 e. The number of nitrogens with zero attached hydrogens (tertiary/aromatic N) is 1. The van der Waals surface area contributed by atoms with E-state index < -0.39 is 0 Å². The zero-order valence-electron chi connectivity index (χ0n) is 12.3. The van der Waals surface area contributed by atoms with Crippen LogP contribution in [0, 0.1) is 0 Å². The topological polar surface area (TPSA) is 61.8 Å². The van der Waals surface area contributed by atoms with Crippen LogP contribution in [0.25, 0.3) is 0 Å². The summed E-state index contributed by atoms with van der Waals surface area (Å²) in [7, 11) is 0. The second kappa shape index (κ2) is 9.34. The molecule has 0 unspecified atom stereocenters. The Balaban J connectivity index is 2.39. The van der Waals surface area contributed by atoms with Crippen LogP contribution in [0.1, 0.15) is 19.4 Å². The van der Waals surface area contributed by atoms with Crippen LogP contribution in [0.5, 0.6) is 5.75 Å². The molecule has 0 bridgehead atoms. The van der Waals surface area contributed by atoms with Gasteiger partial charge in [-0.1, -0.05) is 12.1 Å². The predicted molar refractivity (Wildman–Crippen MR) is 78.7 cm³/mol. The van der Waals surface area contributed by atoms with E-state index in [2.05, 4.69) is 5.32 Å². The zero-order chi connectivity index (χ0) is 14.8. The Morgan fingerprint density at radius 1 is 1.25 bits per heavy atom. The number of hydrogen-bond acceptors (Lipinski definition) is 4. The van der Waals surface area contributed by atoms with Gasteiger partial charge in [0, 0.05) is 26.2 Å². The maximum Gasteiger partial charge on any atom is 0.260 e. The standard InChI is InChI=1S/C15H24N2O3/c1-3-17(4-2)15(19)12-20-14-7-5-13(6-8-14)11-16-9-10-18/h5-8,16,18H,3-4,9-12H2,1-2H3. The van der Waals surface area contributed by atoms with Crippen molar-refractivity contribution in [2.24, 2.45) is 0 Å². The maximum absolute atomic E-state index is 11.8. The molecule has 5 heteroatoms. The number of hydrogen-bond donors (Lipinski definition) is 2. The van der Waals surface area contributed by atoms with Gasteiger partial charge in [0.15, 0.2) is 6.61 Å². The van der Waals surface area contributed by atoms with Crippen LogP contribution in [-0.2, 0) is 11.3 Å². The summed E-state index contributed by atoms with van der Waals surface area (Å²) in [4.78, 5) is 13.5. The van der Waals surface area contributed by atoms with E-state index in [9.17, 15) is 4.79 Å². The van der Waals surface area contributed by atoms with Gasteiger partial charge in [-0.05, 0) is 31.5 Å². The number of carbonyl (C=O) groups is 1. The third-order valence-electron chi connectivity index (χ3n) is 3.02. The Morgan fingerprint density at radius 3 is 2.45 bits per heavy atom. The van der Waals surface area contributed by atoms with Crippen molar-refractivity contribution in [1.29, 1.82) is 0 Å². The molecule has 0 atom stereocenters. The third-order valence-corrected chi connectivity index (χ3v) is 3.02. The summed E-state index contributed by atoms with van der Waals surface area (Å²) >= 11 is 0. The Labute approximate surface area is 120 Å². The van der Waals surface area contributed by atoms with Gasteiger partial charge in [-0.15, -0.1) is 0 Å². The zero-order valence-corrected chi connectivity index (χ0v) is 12.3. The molecule has 1 aromatic rings. The minimum atomic E-state index is 0.00342. The molecule has 0 fully saturated rings. The van der Waals surface area contributed by atoms with Crippen LogP contribution in [-0.4, -0.2) is 48.8 Å². The molecule has 0 aliphatic rings. The molecule has 0 saturated heterocycles. The van der Waals surface area contributed by atoms with Crippen molar-refractivity contribution in [3.8, 4) is 5.75 Å². The van der Waals surface area contributed by atoms with Crippen molar-refractivity contribution < 1.29 is 14.6 Å². The van der Waals surface area contributed by atoms with Gasteiger partial charge < -0.3 is 20.1 Å². The van der Waals surface area contributed by atoms with Crippen molar-refractivity contribution in [2.45, 2.75) is 20.4 Å². The summed E-state index contributed by atoms with van der Waals surface area (Å²) in [5.41, 5.74) is 1.11. The largest absolute Gasteiger partial charge is 0.484 e. The lowest BCUT2D eigenvalue weighted by Crippen LogP contribution is -2.34. The first kappa shape index (κ1) is 16.5. The molecule has 0 radical (unpaired) electrons. The molecule has 0 aromatic heterocycles. The molecule has 5 nitrogen and oxygen atoms in total. The molecule has 0 saturated carbocycles. The molecule has 0 aliphatic heterocycles. The van der Waals surface area contributed by atoms with E-state index in [-0.39, 0.29) is 19.1 Å². The second-order valence-corrected chi connectivity index (χ2v) is 4.40. The molecular formula is C15H24N2O3. The fraction of sp³-hybridized carbons (Fsp3) is 0.533. The van der Waals surface area contributed by atoms with E-state index in [1.165, 1.54) is 0 Å². The first-order valence-corrected chi connectivity index (χ1v) is 7.02. The number of aliphatic hydroxyl groups excluding tert-OH is 1. The minimum Gasteiger partial charge on any atom is -0.484 e. The summed E-state index contributed by atoms with van der Waals surface area (Å²) in [6, 6.07) is 7.60. The van der Waals surface area contributed by atoms with Gasteiger partial charge >= 0.3 is 0 Å². The SMILES string of the molecule is CCN(CC)C(=O)COc1ccc(CNCCO)cc1. The van der Waals surface area contributed by atoms with E-state index in [1.54, 1.807) is 4.90 Å². The highest BCUT2D eigenvalue weighted by Crippen LogP contribution is 2.12. The summed E-state index contributed by atoms with van der Waals surface area (Å²) in [6.45, 7) is 6.81. The summed E-state index contributed by atoms with van der Waals surface area (Å²) in [5.74, 6) is 0.695. The fourth-order valence-electron chi connectivity index (χ4n) is 1.83. The minimum absolute atomic E-state index is 0.00342. The highest BCUT2D eigenvalue weighted by Gasteiger charge is 2.09. The molecule has 1 aromatic carbocycles. The highest BCUT2D eigenvalue weighted by atomic mass is 16.5. The Kier molecular flexibility index (Phi) is 7.69. The van der Waals surface area contributed by atoms with Crippen LogP contribution in [0.15, 0.2) is 24.3 Å². The normalized spacial score (nSPS) is 10.3. The van der Waals surface area contributed by atoms with Gasteiger partial charge in [-0.25, -0.2) is 0 Å². The van der Waals surface area contributed by atoms with Crippen molar-refractivity contribution in [2.75, 3.05) is 32.8 Å². The van der Waals surface area contributed by atoms with Gasteiger partial charge in [0.05, 0.1) is 6.61 Å². The molecule has 0 spiro atoms. The van der Waals surface area contributed by atoms with Crippen LogP contribution in [0.2, 0.25) is 0 Å². The van der Waals surface area contributed by atoms with Crippen LogP contribution >= 0.6 is 0 Å². The average molecular weight is 280 g/mol. The molecule has 1 rings (SSSR count).